The van der Waals surface area contributed by atoms with Crippen LogP contribution < -0.4 is 0 Å². The molecule has 1 aliphatic heterocycles. The molecule has 0 unspecified atom stereocenters. The summed E-state index contributed by atoms with van der Waals surface area (Å²) in [6, 6.07) is 4.15. The van der Waals surface area contributed by atoms with Gasteiger partial charge in [-0.05, 0) is 30.7 Å². The summed E-state index contributed by atoms with van der Waals surface area (Å²) in [5.74, 6) is -0.607. The molecular weight excluding hydrogens is 361 g/mol. The van der Waals surface area contributed by atoms with Crippen molar-refractivity contribution in [3.8, 4) is 0 Å². The highest BCUT2D eigenvalue weighted by Gasteiger charge is 2.30. The van der Waals surface area contributed by atoms with Crippen molar-refractivity contribution in [2.75, 3.05) is 26.2 Å². The van der Waals surface area contributed by atoms with Gasteiger partial charge in [-0.15, -0.1) is 0 Å². The molecule has 1 aromatic carbocycles. The molecule has 9 heteroatoms. The molecule has 3 rings (SSSR count). The molecule has 6 nitrogen and oxygen atoms in total. The summed E-state index contributed by atoms with van der Waals surface area (Å²) in [6.07, 6.45) is 0.428. The third-order valence-corrected chi connectivity index (χ3v) is 4.31. The van der Waals surface area contributed by atoms with E-state index in [-0.39, 0.29) is 23.1 Å². The summed E-state index contributed by atoms with van der Waals surface area (Å²) in [5.41, 5.74) is -0.368. The quantitative estimate of drug-likeness (QED) is 0.805. The Balaban J connectivity index is 1.65. The lowest BCUT2D eigenvalue weighted by atomic mass is 10.1. The maximum absolute atomic E-state index is 12.6. The van der Waals surface area contributed by atoms with Crippen molar-refractivity contribution < 1.29 is 22.8 Å². The van der Waals surface area contributed by atoms with E-state index in [4.69, 9.17) is 0 Å². The molecule has 1 aliphatic rings. The molecule has 1 fully saturated rings. The topological polar surface area (TPSA) is 66.4 Å². The van der Waals surface area contributed by atoms with E-state index in [1.165, 1.54) is 30.7 Å². The molecule has 0 radical (unpaired) electrons. The summed E-state index contributed by atoms with van der Waals surface area (Å²) in [4.78, 5) is 36.0. The Kier molecular flexibility index (Phi) is 5.38. The largest absolute Gasteiger partial charge is 0.416 e. The number of aromatic nitrogens is 2. The second-order valence-electron chi connectivity index (χ2n) is 6.10. The van der Waals surface area contributed by atoms with E-state index in [1.807, 2.05) is 0 Å². The predicted octanol–water partition coefficient (Wildman–Crippen LogP) is 2.48. The monoisotopic (exact) mass is 378 g/mol. The highest BCUT2D eigenvalue weighted by molar-refractivity contribution is 5.94. The van der Waals surface area contributed by atoms with Gasteiger partial charge < -0.3 is 9.80 Å². The maximum Gasteiger partial charge on any atom is 0.416 e. The van der Waals surface area contributed by atoms with Crippen molar-refractivity contribution in [2.24, 2.45) is 0 Å². The lowest BCUT2D eigenvalue weighted by Crippen LogP contribution is -2.37. The first kappa shape index (κ1) is 18.8. The SMILES string of the molecule is O=C(c1ccc(C(F)(F)F)cc1)N1CCCN(C(=O)c2cnccn2)CC1. The van der Waals surface area contributed by atoms with Gasteiger partial charge in [0.15, 0.2) is 0 Å². The van der Waals surface area contributed by atoms with Crippen LogP contribution in [0.5, 0.6) is 0 Å². The van der Waals surface area contributed by atoms with Crippen molar-refractivity contribution in [3.05, 3.63) is 59.7 Å². The number of hydrogen-bond donors (Lipinski definition) is 0. The highest BCUT2D eigenvalue weighted by Crippen LogP contribution is 2.29. The molecule has 1 saturated heterocycles. The first-order valence-corrected chi connectivity index (χ1v) is 8.38. The minimum atomic E-state index is -4.44. The van der Waals surface area contributed by atoms with Gasteiger partial charge >= 0.3 is 6.18 Å². The average Bonchev–Trinajstić information content (AvgIpc) is 2.93. The molecule has 2 amide bonds. The van der Waals surface area contributed by atoms with Crippen LogP contribution >= 0.6 is 0 Å². The standard InChI is InChI=1S/C18H17F3N4O2/c19-18(20,21)14-4-2-13(3-5-14)16(26)24-8-1-9-25(11-10-24)17(27)15-12-22-6-7-23-15/h2-7,12H,1,8-11H2. The van der Waals surface area contributed by atoms with Gasteiger partial charge in [0.05, 0.1) is 11.8 Å². The zero-order valence-electron chi connectivity index (χ0n) is 14.3. The second-order valence-corrected chi connectivity index (χ2v) is 6.10. The van der Waals surface area contributed by atoms with E-state index in [0.29, 0.717) is 32.6 Å². The van der Waals surface area contributed by atoms with Gasteiger partial charge in [-0.2, -0.15) is 13.2 Å². The van der Waals surface area contributed by atoms with E-state index < -0.39 is 11.7 Å². The van der Waals surface area contributed by atoms with Gasteiger partial charge in [-0.25, -0.2) is 4.98 Å². The summed E-state index contributed by atoms with van der Waals surface area (Å²) < 4.78 is 37.9. The van der Waals surface area contributed by atoms with Crippen LogP contribution in [0.4, 0.5) is 13.2 Å². The van der Waals surface area contributed by atoms with Crippen molar-refractivity contribution in [1.82, 2.24) is 19.8 Å². The zero-order chi connectivity index (χ0) is 19.4. The van der Waals surface area contributed by atoms with E-state index in [2.05, 4.69) is 9.97 Å². The Morgan fingerprint density at radius 3 is 2.07 bits per heavy atom. The predicted molar refractivity (Wildman–Crippen MR) is 89.9 cm³/mol. The smallest absolute Gasteiger partial charge is 0.337 e. The molecule has 27 heavy (non-hydrogen) atoms. The minimum absolute atomic E-state index is 0.191. The van der Waals surface area contributed by atoms with Crippen LogP contribution in [0, 0.1) is 0 Å². The number of hydrogen-bond acceptors (Lipinski definition) is 4. The Morgan fingerprint density at radius 1 is 0.889 bits per heavy atom. The van der Waals surface area contributed by atoms with Crippen molar-refractivity contribution in [3.63, 3.8) is 0 Å². The molecule has 0 saturated carbocycles. The van der Waals surface area contributed by atoms with Gasteiger partial charge in [0.2, 0.25) is 0 Å². The lowest BCUT2D eigenvalue weighted by Gasteiger charge is -2.22. The molecule has 0 bridgehead atoms. The second kappa shape index (κ2) is 7.73. The summed E-state index contributed by atoms with van der Waals surface area (Å²) >= 11 is 0. The van der Waals surface area contributed by atoms with E-state index in [1.54, 1.807) is 9.80 Å². The third-order valence-electron chi connectivity index (χ3n) is 4.31. The van der Waals surface area contributed by atoms with Crippen molar-refractivity contribution in [2.45, 2.75) is 12.6 Å². The van der Waals surface area contributed by atoms with Crippen LogP contribution in [0.2, 0.25) is 0 Å². The molecule has 0 spiro atoms. The Labute approximate surface area is 153 Å². The number of amides is 2. The number of benzene rings is 1. The molecular formula is C18H17F3N4O2. The lowest BCUT2D eigenvalue weighted by molar-refractivity contribution is -0.137. The summed E-state index contributed by atoms with van der Waals surface area (Å²) in [6.45, 7) is 1.50. The van der Waals surface area contributed by atoms with E-state index >= 15 is 0 Å². The number of rotatable bonds is 2. The van der Waals surface area contributed by atoms with Crippen LogP contribution in [0.1, 0.15) is 32.8 Å². The number of halogens is 3. The number of alkyl halides is 3. The van der Waals surface area contributed by atoms with Gasteiger partial charge in [-0.3, -0.25) is 14.6 Å². The first-order valence-electron chi connectivity index (χ1n) is 8.38. The molecule has 0 atom stereocenters. The fraction of sp³-hybridized carbons (Fsp3) is 0.333. The molecule has 2 heterocycles. The van der Waals surface area contributed by atoms with Gasteiger partial charge in [0.1, 0.15) is 5.69 Å². The number of carbonyl (C=O) groups excluding carboxylic acids is 2. The Morgan fingerprint density at radius 2 is 1.52 bits per heavy atom. The maximum atomic E-state index is 12.6. The number of nitrogens with zero attached hydrogens (tertiary/aromatic N) is 4. The van der Waals surface area contributed by atoms with E-state index in [9.17, 15) is 22.8 Å². The number of carbonyl (C=O) groups is 2. The van der Waals surface area contributed by atoms with Crippen LogP contribution in [0.15, 0.2) is 42.9 Å². The minimum Gasteiger partial charge on any atom is -0.337 e. The molecule has 1 aromatic heterocycles. The fourth-order valence-corrected chi connectivity index (χ4v) is 2.88. The van der Waals surface area contributed by atoms with Crippen LogP contribution in [-0.4, -0.2) is 57.8 Å². The van der Waals surface area contributed by atoms with Crippen LogP contribution in [-0.2, 0) is 6.18 Å². The molecule has 0 aliphatic carbocycles. The first-order chi connectivity index (χ1) is 12.9. The van der Waals surface area contributed by atoms with Crippen molar-refractivity contribution >= 4 is 11.8 Å². The van der Waals surface area contributed by atoms with Gasteiger partial charge in [0, 0.05) is 44.1 Å². The third kappa shape index (κ3) is 4.42. The van der Waals surface area contributed by atoms with Crippen LogP contribution in [0.25, 0.3) is 0 Å². The normalized spacial score (nSPS) is 15.4. The molecule has 0 N–H and O–H groups in total. The Hall–Kier alpha value is -2.97. The Bertz CT molecular complexity index is 810. The average molecular weight is 378 g/mol. The zero-order valence-corrected chi connectivity index (χ0v) is 14.3. The van der Waals surface area contributed by atoms with E-state index in [0.717, 1.165) is 12.1 Å². The summed E-state index contributed by atoms with van der Waals surface area (Å²) in [7, 11) is 0. The van der Waals surface area contributed by atoms with Gasteiger partial charge in [0.25, 0.3) is 11.8 Å². The molecule has 2 aromatic rings. The molecule has 142 valence electrons. The fourth-order valence-electron chi connectivity index (χ4n) is 2.88. The van der Waals surface area contributed by atoms with Crippen molar-refractivity contribution in [1.29, 1.82) is 0 Å². The highest BCUT2D eigenvalue weighted by atomic mass is 19.4. The van der Waals surface area contributed by atoms with Crippen LogP contribution in [0.3, 0.4) is 0 Å². The summed E-state index contributed by atoms with van der Waals surface area (Å²) in [5, 5.41) is 0. The van der Waals surface area contributed by atoms with Gasteiger partial charge in [-0.1, -0.05) is 0 Å².